The lowest BCUT2D eigenvalue weighted by Crippen LogP contribution is -2.37. The molecule has 0 aliphatic heterocycles. The van der Waals surface area contributed by atoms with E-state index in [1.54, 1.807) is 31.2 Å². The summed E-state index contributed by atoms with van der Waals surface area (Å²) >= 11 is 0. The van der Waals surface area contributed by atoms with Gasteiger partial charge in [-0.25, -0.2) is 4.98 Å². The molecule has 1 fully saturated rings. The van der Waals surface area contributed by atoms with E-state index in [-0.39, 0.29) is 23.8 Å². The molecule has 1 aliphatic rings. The average Bonchev–Trinajstić information content (AvgIpc) is 3.45. The van der Waals surface area contributed by atoms with Gasteiger partial charge in [0.2, 0.25) is 11.8 Å². The first kappa shape index (κ1) is 20.9. The molecule has 31 heavy (non-hydrogen) atoms. The van der Waals surface area contributed by atoms with Crippen molar-refractivity contribution in [2.45, 2.75) is 32.2 Å². The molecule has 1 N–H and O–H groups in total. The van der Waals surface area contributed by atoms with Crippen molar-refractivity contribution in [3.8, 4) is 17.2 Å². The van der Waals surface area contributed by atoms with Gasteiger partial charge in [0.1, 0.15) is 11.3 Å². The number of methoxy groups -OCH3 is 1. The lowest BCUT2D eigenvalue weighted by Gasteiger charge is -2.25. The molecule has 1 aromatic heterocycles. The predicted molar refractivity (Wildman–Crippen MR) is 118 cm³/mol. The molecule has 4 rings (SSSR count). The number of nitrogens with zero attached hydrogens (tertiary/aromatic N) is 2. The Morgan fingerprint density at radius 2 is 2.03 bits per heavy atom. The van der Waals surface area contributed by atoms with Gasteiger partial charge in [-0.15, -0.1) is 0 Å². The van der Waals surface area contributed by atoms with Crippen LogP contribution >= 0.6 is 0 Å². The predicted octanol–water partition coefficient (Wildman–Crippen LogP) is 3.88. The summed E-state index contributed by atoms with van der Waals surface area (Å²) in [5.74, 6) is 0.861. The van der Waals surface area contributed by atoms with E-state index in [2.05, 4.69) is 10.3 Å². The highest BCUT2D eigenvalue weighted by molar-refractivity contribution is 5.97. The normalized spacial score (nSPS) is 18.2. The number of hydrogen-bond acceptors (Lipinski definition) is 5. The maximum atomic E-state index is 13.2. The molecule has 2 aromatic carbocycles. The molecule has 0 saturated heterocycles. The summed E-state index contributed by atoms with van der Waals surface area (Å²) in [6.07, 6.45) is 2.28. The number of fused-ring (bicyclic) bond motifs is 1. The van der Waals surface area contributed by atoms with E-state index in [9.17, 15) is 9.59 Å². The third kappa shape index (κ3) is 4.13. The van der Waals surface area contributed by atoms with Crippen LogP contribution in [-0.2, 0) is 4.79 Å². The molecule has 0 unspecified atom stereocenters. The molecule has 0 spiro atoms. The highest BCUT2D eigenvalue weighted by Crippen LogP contribution is 2.33. The van der Waals surface area contributed by atoms with Crippen molar-refractivity contribution in [1.82, 2.24) is 15.2 Å². The van der Waals surface area contributed by atoms with Crippen molar-refractivity contribution in [2.24, 2.45) is 5.92 Å². The molecule has 7 nitrogen and oxygen atoms in total. The highest BCUT2D eigenvalue weighted by Gasteiger charge is 2.34. The van der Waals surface area contributed by atoms with Crippen LogP contribution in [-0.4, -0.2) is 48.4 Å². The van der Waals surface area contributed by atoms with Gasteiger partial charge in [0.05, 0.1) is 12.7 Å². The van der Waals surface area contributed by atoms with Crippen LogP contribution in [0.3, 0.4) is 0 Å². The second-order valence-electron chi connectivity index (χ2n) is 7.88. The molecule has 2 atom stereocenters. The molecule has 162 valence electrons. The fourth-order valence-electron chi connectivity index (χ4n) is 4.22. The molecule has 1 saturated carbocycles. The lowest BCUT2D eigenvalue weighted by molar-refractivity contribution is -0.124. The third-order valence-corrected chi connectivity index (χ3v) is 5.97. The smallest absolute Gasteiger partial charge is 0.257 e. The van der Waals surface area contributed by atoms with Crippen molar-refractivity contribution in [1.29, 1.82) is 0 Å². The zero-order valence-electron chi connectivity index (χ0n) is 18.1. The zero-order valence-corrected chi connectivity index (χ0v) is 18.1. The van der Waals surface area contributed by atoms with Crippen LogP contribution in [0.15, 0.2) is 46.9 Å². The van der Waals surface area contributed by atoms with Crippen LogP contribution in [0, 0.1) is 5.92 Å². The largest absolute Gasteiger partial charge is 0.496 e. The Hall–Kier alpha value is -3.35. The van der Waals surface area contributed by atoms with E-state index < -0.39 is 0 Å². The van der Waals surface area contributed by atoms with Gasteiger partial charge < -0.3 is 19.4 Å². The monoisotopic (exact) mass is 421 g/mol. The Labute approximate surface area is 181 Å². The maximum Gasteiger partial charge on any atom is 0.257 e. The molecule has 1 heterocycles. The average molecular weight is 421 g/mol. The number of rotatable bonds is 6. The highest BCUT2D eigenvalue weighted by atomic mass is 16.5. The molecule has 0 bridgehead atoms. The van der Waals surface area contributed by atoms with E-state index in [1.807, 2.05) is 37.3 Å². The van der Waals surface area contributed by atoms with Gasteiger partial charge in [0, 0.05) is 31.1 Å². The van der Waals surface area contributed by atoms with E-state index in [0.29, 0.717) is 35.8 Å². The number of nitrogens with one attached hydrogen (secondary N) is 1. The first-order chi connectivity index (χ1) is 15.0. The Morgan fingerprint density at radius 3 is 2.77 bits per heavy atom. The molecule has 1 aliphatic carbocycles. The Morgan fingerprint density at radius 1 is 1.23 bits per heavy atom. The fourth-order valence-corrected chi connectivity index (χ4v) is 4.22. The van der Waals surface area contributed by atoms with Crippen LogP contribution in [0.1, 0.15) is 36.5 Å². The molecular formula is C24H27N3O4. The minimum Gasteiger partial charge on any atom is -0.496 e. The second kappa shape index (κ2) is 8.79. The first-order valence-corrected chi connectivity index (χ1v) is 10.6. The number of aromatic nitrogens is 1. The molecule has 2 amide bonds. The van der Waals surface area contributed by atoms with E-state index >= 15 is 0 Å². The van der Waals surface area contributed by atoms with Gasteiger partial charge in [-0.1, -0.05) is 12.1 Å². The number of carbonyl (C=O) groups excluding carboxylic acids is 2. The van der Waals surface area contributed by atoms with Crippen LogP contribution in [0.4, 0.5) is 0 Å². The maximum absolute atomic E-state index is 13.2. The quantitative estimate of drug-likeness (QED) is 0.653. The number of benzene rings is 2. The zero-order chi connectivity index (χ0) is 22.0. The van der Waals surface area contributed by atoms with E-state index in [1.165, 1.54) is 0 Å². The van der Waals surface area contributed by atoms with Gasteiger partial charge in [-0.3, -0.25) is 9.59 Å². The summed E-state index contributed by atoms with van der Waals surface area (Å²) in [5, 5.41) is 2.88. The van der Waals surface area contributed by atoms with Crippen molar-refractivity contribution < 1.29 is 18.7 Å². The number of ether oxygens (including phenoxy) is 1. The number of amides is 2. The van der Waals surface area contributed by atoms with Gasteiger partial charge in [0.25, 0.3) is 5.91 Å². The van der Waals surface area contributed by atoms with Gasteiger partial charge in [-0.2, -0.15) is 0 Å². The van der Waals surface area contributed by atoms with Gasteiger partial charge >= 0.3 is 0 Å². The van der Waals surface area contributed by atoms with Crippen LogP contribution in [0.2, 0.25) is 0 Å². The van der Waals surface area contributed by atoms with Gasteiger partial charge in [-0.05, 0) is 56.5 Å². The third-order valence-electron chi connectivity index (χ3n) is 5.97. The second-order valence-corrected chi connectivity index (χ2v) is 7.88. The molecule has 7 heteroatoms. The molecule has 0 radical (unpaired) electrons. The summed E-state index contributed by atoms with van der Waals surface area (Å²) in [7, 11) is 3.34. The van der Waals surface area contributed by atoms with Crippen molar-refractivity contribution in [3.05, 3.63) is 48.0 Å². The summed E-state index contributed by atoms with van der Waals surface area (Å²) < 4.78 is 11.4. The minimum absolute atomic E-state index is 0.0292. The van der Waals surface area contributed by atoms with Crippen molar-refractivity contribution in [3.63, 3.8) is 0 Å². The first-order valence-electron chi connectivity index (χ1n) is 10.6. The molecule has 3 aromatic rings. The summed E-state index contributed by atoms with van der Waals surface area (Å²) in [6.45, 7) is 2.54. The fraction of sp³-hybridized carbons (Fsp3) is 0.375. The Bertz CT molecular complexity index is 1070. The summed E-state index contributed by atoms with van der Waals surface area (Å²) in [5.41, 5.74) is 2.70. The Balaban J connectivity index is 1.53. The van der Waals surface area contributed by atoms with Crippen molar-refractivity contribution in [2.75, 3.05) is 20.7 Å². The Kier molecular flexibility index (Phi) is 5.93. The summed E-state index contributed by atoms with van der Waals surface area (Å²) in [6, 6.07) is 12.9. The number of hydrogen-bond donors (Lipinski definition) is 1. The molecular weight excluding hydrogens is 394 g/mol. The van der Waals surface area contributed by atoms with Crippen LogP contribution in [0.25, 0.3) is 22.6 Å². The van der Waals surface area contributed by atoms with Crippen LogP contribution in [0.5, 0.6) is 5.75 Å². The standard InChI is InChI=1S/C24H27N3O4/c1-4-25-22(28)15-9-11-17(13-15)27(2)24(29)18-12-10-16(14-21(18)30-3)23-26-19-7-5-6-8-20(19)31-23/h5-8,10,12,14-15,17H,4,9,11,13H2,1-3H3,(H,25,28)/t15-,17+/m0/s1. The number of oxazole rings is 1. The van der Waals surface area contributed by atoms with E-state index in [0.717, 1.165) is 23.9 Å². The summed E-state index contributed by atoms with van der Waals surface area (Å²) in [4.78, 5) is 31.6. The topological polar surface area (TPSA) is 84.7 Å². The van der Waals surface area contributed by atoms with Gasteiger partial charge in [0.15, 0.2) is 5.58 Å². The lowest BCUT2D eigenvalue weighted by atomic mass is 10.1. The van der Waals surface area contributed by atoms with Crippen LogP contribution < -0.4 is 10.1 Å². The van der Waals surface area contributed by atoms with E-state index in [4.69, 9.17) is 9.15 Å². The number of para-hydroxylation sites is 2. The number of carbonyl (C=O) groups is 2. The van der Waals surface area contributed by atoms with Crippen molar-refractivity contribution >= 4 is 22.9 Å². The minimum atomic E-state index is -0.123. The SMILES string of the molecule is CCNC(=O)[C@H]1CC[C@@H](N(C)C(=O)c2ccc(-c3nc4ccccc4o3)cc2OC)C1.